The first-order valence-electron chi connectivity index (χ1n) is 6.04. The molecule has 0 atom stereocenters. The fourth-order valence-electron chi connectivity index (χ4n) is 2.09. The first-order chi connectivity index (χ1) is 8.70. The molecule has 0 N–H and O–H groups in total. The SMILES string of the molecule is CCn1c(=O)c2ccccc2n(CCCS)c1=O. The Morgan fingerprint density at radius 1 is 1.17 bits per heavy atom. The van der Waals surface area contributed by atoms with Crippen LogP contribution < -0.4 is 11.2 Å². The van der Waals surface area contributed by atoms with Crippen LogP contribution >= 0.6 is 12.6 Å². The molecule has 0 saturated heterocycles. The lowest BCUT2D eigenvalue weighted by atomic mass is 10.2. The molecule has 0 fully saturated rings. The van der Waals surface area contributed by atoms with Gasteiger partial charge in [0.05, 0.1) is 10.9 Å². The zero-order chi connectivity index (χ0) is 13.1. The van der Waals surface area contributed by atoms with E-state index in [0.29, 0.717) is 29.7 Å². The van der Waals surface area contributed by atoms with Crippen molar-refractivity contribution in [2.45, 2.75) is 26.4 Å². The second-order valence-electron chi connectivity index (χ2n) is 4.08. The number of aromatic nitrogens is 2. The van der Waals surface area contributed by atoms with Crippen LogP contribution in [0, 0.1) is 0 Å². The number of benzene rings is 1. The molecule has 1 aromatic carbocycles. The van der Waals surface area contributed by atoms with E-state index >= 15 is 0 Å². The Hall–Kier alpha value is -1.49. The molecule has 0 unspecified atom stereocenters. The minimum atomic E-state index is -0.233. The maximum Gasteiger partial charge on any atom is 0.331 e. The van der Waals surface area contributed by atoms with Gasteiger partial charge < -0.3 is 0 Å². The van der Waals surface area contributed by atoms with Gasteiger partial charge >= 0.3 is 5.69 Å². The van der Waals surface area contributed by atoms with Crippen LogP contribution in [0.15, 0.2) is 33.9 Å². The summed E-state index contributed by atoms with van der Waals surface area (Å²) in [4.78, 5) is 24.4. The summed E-state index contributed by atoms with van der Waals surface area (Å²) in [5.41, 5.74) is 0.266. The van der Waals surface area contributed by atoms with Gasteiger partial charge in [-0.15, -0.1) is 0 Å². The Morgan fingerprint density at radius 2 is 1.89 bits per heavy atom. The number of para-hydroxylation sites is 1. The van der Waals surface area contributed by atoms with Crippen LogP contribution in [-0.2, 0) is 13.1 Å². The monoisotopic (exact) mass is 264 g/mol. The average molecular weight is 264 g/mol. The van der Waals surface area contributed by atoms with Crippen LogP contribution in [0.3, 0.4) is 0 Å². The molecular weight excluding hydrogens is 248 g/mol. The lowest BCUT2D eigenvalue weighted by Gasteiger charge is -2.12. The van der Waals surface area contributed by atoms with E-state index in [0.717, 1.165) is 6.42 Å². The third-order valence-electron chi connectivity index (χ3n) is 2.99. The highest BCUT2D eigenvalue weighted by molar-refractivity contribution is 7.80. The van der Waals surface area contributed by atoms with E-state index in [-0.39, 0.29) is 11.2 Å². The molecule has 18 heavy (non-hydrogen) atoms. The molecule has 1 aromatic heterocycles. The quantitative estimate of drug-likeness (QED) is 0.851. The molecule has 2 rings (SSSR count). The van der Waals surface area contributed by atoms with Crippen LogP contribution in [-0.4, -0.2) is 14.9 Å². The van der Waals surface area contributed by atoms with E-state index < -0.39 is 0 Å². The smallest absolute Gasteiger partial charge is 0.293 e. The van der Waals surface area contributed by atoms with Crippen LogP contribution in [0.25, 0.3) is 10.9 Å². The summed E-state index contributed by atoms with van der Waals surface area (Å²) in [6.45, 7) is 2.78. The number of thiol groups is 1. The normalized spacial score (nSPS) is 11.0. The van der Waals surface area contributed by atoms with E-state index in [9.17, 15) is 9.59 Å². The van der Waals surface area contributed by atoms with Crippen molar-refractivity contribution in [2.24, 2.45) is 0 Å². The maximum atomic E-state index is 12.2. The van der Waals surface area contributed by atoms with Crippen molar-refractivity contribution in [1.82, 2.24) is 9.13 Å². The molecule has 0 aliphatic heterocycles. The Kier molecular flexibility index (Phi) is 3.91. The Labute approximate surface area is 110 Å². The highest BCUT2D eigenvalue weighted by atomic mass is 32.1. The van der Waals surface area contributed by atoms with E-state index in [1.54, 1.807) is 17.6 Å². The fourth-order valence-corrected chi connectivity index (χ4v) is 2.24. The van der Waals surface area contributed by atoms with Crippen LogP contribution in [0.1, 0.15) is 13.3 Å². The van der Waals surface area contributed by atoms with Crippen LogP contribution in [0.5, 0.6) is 0 Å². The number of rotatable bonds is 4. The van der Waals surface area contributed by atoms with Crippen molar-refractivity contribution in [1.29, 1.82) is 0 Å². The molecule has 0 bridgehead atoms. The second kappa shape index (κ2) is 5.44. The Morgan fingerprint density at radius 3 is 2.56 bits per heavy atom. The van der Waals surface area contributed by atoms with Gasteiger partial charge in [-0.05, 0) is 31.2 Å². The molecule has 0 aliphatic carbocycles. The third-order valence-corrected chi connectivity index (χ3v) is 3.30. The molecule has 0 radical (unpaired) electrons. The zero-order valence-corrected chi connectivity index (χ0v) is 11.2. The minimum Gasteiger partial charge on any atom is -0.293 e. The lowest BCUT2D eigenvalue weighted by Crippen LogP contribution is -2.39. The fraction of sp³-hybridized carbons (Fsp3) is 0.385. The predicted molar refractivity (Wildman–Crippen MR) is 76.6 cm³/mol. The third kappa shape index (κ3) is 2.10. The highest BCUT2D eigenvalue weighted by Gasteiger charge is 2.10. The van der Waals surface area contributed by atoms with Crippen molar-refractivity contribution in [3.05, 3.63) is 45.1 Å². The van der Waals surface area contributed by atoms with Gasteiger partial charge in [0.25, 0.3) is 5.56 Å². The van der Waals surface area contributed by atoms with E-state index in [1.807, 2.05) is 18.2 Å². The minimum absolute atomic E-state index is 0.208. The summed E-state index contributed by atoms with van der Waals surface area (Å²) in [6, 6.07) is 7.24. The van der Waals surface area contributed by atoms with Gasteiger partial charge in [-0.25, -0.2) is 4.79 Å². The Balaban J connectivity index is 2.81. The number of aryl methyl sites for hydroxylation is 1. The first kappa shape index (κ1) is 13.0. The van der Waals surface area contributed by atoms with Crippen molar-refractivity contribution < 1.29 is 0 Å². The number of nitrogens with zero attached hydrogens (tertiary/aromatic N) is 2. The molecule has 0 spiro atoms. The van der Waals surface area contributed by atoms with E-state index in [4.69, 9.17) is 0 Å². The molecular formula is C13H16N2O2S. The molecule has 0 amide bonds. The number of fused-ring (bicyclic) bond motifs is 1. The summed E-state index contributed by atoms with van der Waals surface area (Å²) in [6.07, 6.45) is 0.801. The molecule has 2 aromatic rings. The molecule has 96 valence electrons. The topological polar surface area (TPSA) is 44.0 Å². The van der Waals surface area contributed by atoms with Gasteiger partial charge in [-0.1, -0.05) is 12.1 Å². The molecule has 4 nitrogen and oxygen atoms in total. The predicted octanol–water partition coefficient (Wildman–Crippen LogP) is 1.50. The summed E-state index contributed by atoms with van der Waals surface area (Å²) < 4.78 is 2.94. The summed E-state index contributed by atoms with van der Waals surface area (Å²) in [7, 11) is 0. The van der Waals surface area contributed by atoms with Gasteiger partial charge in [-0.3, -0.25) is 13.9 Å². The lowest BCUT2D eigenvalue weighted by molar-refractivity contribution is 0.585. The summed E-state index contributed by atoms with van der Waals surface area (Å²) >= 11 is 4.16. The average Bonchev–Trinajstić information content (AvgIpc) is 2.39. The molecule has 1 heterocycles. The molecule has 5 heteroatoms. The standard InChI is InChI=1S/C13H16N2O2S/c1-2-14-12(16)10-6-3-4-7-11(10)15(13(14)17)8-5-9-18/h3-4,6-7,18H,2,5,8-9H2,1H3. The van der Waals surface area contributed by atoms with Gasteiger partial charge in [0, 0.05) is 13.1 Å². The Bertz CT molecular complexity index is 673. The van der Waals surface area contributed by atoms with Crippen LogP contribution in [0.2, 0.25) is 0 Å². The van der Waals surface area contributed by atoms with E-state index in [2.05, 4.69) is 12.6 Å². The largest absolute Gasteiger partial charge is 0.331 e. The van der Waals surface area contributed by atoms with Crippen LogP contribution in [0.4, 0.5) is 0 Å². The van der Waals surface area contributed by atoms with Crippen molar-refractivity contribution >= 4 is 23.5 Å². The zero-order valence-electron chi connectivity index (χ0n) is 10.3. The van der Waals surface area contributed by atoms with Gasteiger partial charge in [0.2, 0.25) is 0 Å². The van der Waals surface area contributed by atoms with Crippen molar-refractivity contribution in [3.63, 3.8) is 0 Å². The van der Waals surface area contributed by atoms with E-state index in [1.165, 1.54) is 4.57 Å². The summed E-state index contributed by atoms with van der Waals surface area (Å²) in [5, 5.41) is 0.595. The highest BCUT2D eigenvalue weighted by Crippen LogP contribution is 2.08. The van der Waals surface area contributed by atoms with Crippen molar-refractivity contribution in [3.8, 4) is 0 Å². The maximum absolute atomic E-state index is 12.2. The molecule has 0 aliphatic rings. The second-order valence-corrected chi connectivity index (χ2v) is 4.53. The van der Waals surface area contributed by atoms with Gasteiger partial charge in [0.1, 0.15) is 0 Å². The molecule has 0 saturated carbocycles. The van der Waals surface area contributed by atoms with Crippen molar-refractivity contribution in [2.75, 3.05) is 5.75 Å². The summed E-state index contributed by atoms with van der Waals surface area (Å²) in [5.74, 6) is 0.714. The number of hydrogen-bond donors (Lipinski definition) is 1. The van der Waals surface area contributed by atoms with Gasteiger partial charge in [0.15, 0.2) is 0 Å². The van der Waals surface area contributed by atoms with Gasteiger partial charge in [-0.2, -0.15) is 12.6 Å². The first-order valence-corrected chi connectivity index (χ1v) is 6.67. The number of hydrogen-bond acceptors (Lipinski definition) is 3.